The molecule has 3 aromatic rings. The number of phenolic OH excluding ortho intramolecular Hbond substituents is 5. The number of esters is 1. The van der Waals surface area contributed by atoms with Crippen LogP contribution < -0.4 is 14.2 Å². The average Bonchev–Trinajstić information content (AvgIpc) is 2.85. The molecule has 0 aromatic heterocycles. The molecule has 1 unspecified atom stereocenters. The van der Waals surface area contributed by atoms with Crippen LogP contribution in [0.5, 0.6) is 46.0 Å². The maximum atomic E-state index is 13.3. The standard InChI is InChI=1S/C25H24O11/c1-33-21-7-13(8-22(34-2)24(21)35-3)25(32)36-20(11-15-17(28)9-14(26)10-18(15)29)23(31)12-4-5-16(27)19(30)6-12/h4-10,20,26-30H,11H2,1-3H3. The molecule has 0 aliphatic heterocycles. The van der Waals surface area contributed by atoms with Gasteiger partial charge in [0.05, 0.1) is 26.9 Å². The fraction of sp³-hybridized carbons (Fsp3) is 0.200. The average molecular weight is 500 g/mol. The number of rotatable bonds is 9. The van der Waals surface area contributed by atoms with Crippen molar-refractivity contribution in [1.82, 2.24) is 0 Å². The van der Waals surface area contributed by atoms with E-state index in [1.807, 2.05) is 0 Å². The Hall–Kier alpha value is -4.80. The van der Waals surface area contributed by atoms with E-state index in [1.54, 1.807) is 0 Å². The zero-order chi connectivity index (χ0) is 26.6. The van der Waals surface area contributed by atoms with E-state index in [4.69, 9.17) is 18.9 Å². The van der Waals surface area contributed by atoms with Crippen LogP contribution in [-0.2, 0) is 11.2 Å². The SMILES string of the molecule is COc1cc(C(=O)OC(Cc2c(O)cc(O)cc2O)C(=O)c2ccc(O)c(O)c2)cc(OC)c1OC. The first-order valence-corrected chi connectivity index (χ1v) is 10.4. The molecule has 0 radical (unpaired) electrons. The molecule has 0 spiro atoms. The van der Waals surface area contributed by atoms with Crippen LogP contribution >= 0.6 is 0 Å². The monoisotopic (exact) mass is 500 g/mol. The fourth-order valence-electron chi connectivity index (χ4n) is 3.47. The highest BCUT2D eigenvalue weighted by molar-refractivity contribution is 6.02. The molecule has 0 aliphatic carbocycles. The lowest BCUT2D eigenvalue weighted by molar-refractivity contribution is 0.0282. The number of phenols is 5. The molecule has 0 amide bonds. The largest absolute Gasteiger partial charge is 0.508 e. The number of methoxy groups -OCH3 is 3. The van der Waals surface area contributed by atoms with Crippen LogP contribution in [0, 0.1) is 0 Å². The highest BCUT2D eigenvalue weighted by atomic mass is 16.5. The van der Waals surface area contributed by atoms with E-state index < -0.39 is 53.0 Å². The Morgan fingerprint density at radius 3 is 1.81 bits per heavy atom. The number of Topliss-reactive ketones (excluding diaryl/α,β-unsaturated/α-hetero) is 1. The molecule has 0 saturated carbocycles. The maximum Gasteiger partial charge on any atom is 0.339 e. The fourth-order valence-corrected chi connectivity index (χ4v) is 3.47. The lowest BCUT2D eigenvalue weighted by Gasteiger charge is -2.20. The minimum absolute atomic E-state index is 0.0602. The second-order valence-corrected chi connectivity index (χ2v) is 7.54. The van der Waals surface area contributed by atoms with Gasteiger partial charge in [0.25, 0.3) is 0 Å². The van der Waals surface area contributed by atoms with Crippen LogP contribution in [0.1, 0.15) is 26.3 Å². The van der Waals surface area contributed by atoms with Crippen molar-refractivity contribution in [3.8, 4) is 46.0 Å². The smallest absolute Gasteiger partial charge is 0.339 e. The second kappa shape index (κ2) is 10.6. The van der Waals surface area contributed by atoms with Crippen molar-refractivity contribution in [2.75, 3.05) is 21.3 Å². The van der Waals surface area contributed by atoms with Crippen LogP contribution in [0.4, 0.5) is 0 Å². The van der Waals surface area contributed by atoms with Gasteiger partial charge in [0.2, 0.25) is 11.5 Å². The van der Waals surface area contributed by atoms with Crippen molar-refractivity contribution < 1.29 is 54.1 Å². The summed E-state index contributed by atoms with van der Waals surface area (Å²) in [7, 11) is 4.09. The van der Waals surface area contributed by atoms with Gasteiger partial charge in [0, 0.05) is 29.7 Å². The van der Waals surface area contributed by atoms with E-state index in [0.717, 1.165) is 24.3 Å². The van der Waals surface area contributed by atoms with Crippen LogP contribution in [0.25, 0.3) is 0 Å². The first-order chi connectivity index (χ1) is 17.1. The Morgan fingerprint density at radius 1 is 0.722 bits per heavy atom. The number of aromatic hydroxyl groups is 5. The van der Waals surface area contributed by atoms with E-state index in [9.17, 15) is 35.1 Å². The predicted octanol–water partition coefficient (Wildman–Crippen LogP) is 2.89. The van der Waals surface area contributed by atoms with Crippen molar-refractivity contribution in [3.63, 3.8) is 0 Å². The van der Waals surface area contributed by atoms with Gasteiger partial charge in [-0.3, -0.25) is 4.79 Å². The van der Waals surface area contributed by atoms with Crippen molar-refractivity contribution >= 4 is 11.8 Å². The number of ketones is 1. The van der Waals surface area contributed by atoms with Crippen molar-refractivity contribution in [2.45, 2.75) is 12.5 Å². The number of hydrogen-bond donors (Lipinski definition) is 5. The third kappa shape index (κ3) is 5.30. The lowest BCUT2D eigenvalue weighted by atomic mass is 9.98. The Labute approximate surface area is 205 Å². The molecule has 36 heavy (non-hydrogen) atoms. The van der Waals surface area contributed by atoms with Gasteiger partial charge >= 0.3 is 5.97 Å². The highest BCUT2D eigenvalue weighted by Gasteiger charge is 2.29. The number of benzene rings is 3. The third-order valence-corrected chi connectivity index (χ3v) is 5.28. The van der Waals surface area contributed by atoms with Gasteiger partial charge in [-0.25, -0.2) is 4.79 Å². The zero-order valence-electron chi connectivity index (χ0n) is 19.5. The molecule has 0 bridgehead atoms. The summed E-state index contributed by atoms with van der Waals surface area (Å²) < 4.78 is 21.2. The Morgan fingerprint density at radius 2 is 1.31 bits per heavy atom. The van der Waals surface area contributed by atoms with Crippen LogP contribution in [0.3, 0.4) is 0 Å². The molecule has 3 aromatic carbocycles. The summed E-state index contributed by atoms with van der Waals surface area (Å²) in [4.78, 5) is 26.3. The van der Waals surface area contributed by atoms with Crippen molar-refractivity contribution in [1.29, 1.82) is 0 Å². The molecule has 0 aliphatic rings. The molecule has 3 rings (SSSR count). The summed E-state index contributed by atoms with van der Waals surface area (Å²) in [6.45, 7) is 0. The molecule has 1 atom stereocenters. The van der Waals surface area contributed by atoms with E-state index >= 15 is 0 Å². The quantitative estimate of drug-likeness (QED) is 0.166. The summed E-state index contributed by atoms with van der Waals surface area (Å²) in [5, 5.41) is 49.4. The predicted molar refractivity (Wildman–Crippen MR) is 125 cm³/mol. The molecule has 190 valence electrons. The molecule has 0 heterocycles. The van der Waals surface area contributed by atoms with Crippen molar-refractivity contribution in [3.05, 3.63) is 59.2 Å². The van der Waals surface area contributed by atoms with Crippen molar-refractivity contribution in [2.24, 2.45) is 0 Å². The van der Waals surface area contributed by atoms with Gasteiger partial charge in [0.15, 0.2) is 29.1 Å². The van der Waals surface area contributed by atoms with Gasteiger partial charge < -0.3 is 44.5 Å². The van der Waals surface area contributed by atoms with Gasteiger partial charge in [0.1, 0.15) is 17.2 Å². The van der Waals surface area contributed by atoms with E-state index in [2.05, 4.69) is 0 Å². The molecule has 0 saturated heterocycles. The minimum atomic E-state index is -1.61. The van der Waals surface area contributed by atoms with Gasteiger partial charge in [-0.05, 0) is 30.3 Å². The zero-order valence-corrected chi connectivity index (χ0v) is 19.5. The van der Waals surface area contributed by atoms with Crippen LogP contribution in [0.15, 0.2) is 42.5 Å². The molecular weight excluding hydrogens is 476 g/mol. The first kappa shape index (κ1) is 25.8. The molecular formula is C25H24O11. The number of carbonyl (C=O) groups excluding carboxylic acids is 2. The Bertz CT molecular complexity index is 1250. The van der Waals surface area contributed by atoms with E-state index in [-0.39, 0.29) is 33.9 Å². The van der Waals surface area contributed by atoms with Gasteiger partial charge in [-0.15, -0.1) is 0 Å². The maximum absolute atomic E-state index is 13.3. The highest BCUT2D eigenvalue weighted by Crippen LogP contribution is 2.39. The molecule has 11 heteroatoms. The number of carbonyl (C=O) groups is 2. The summed E-state index contributed by atoms with van der Waals surface area (Å²) in [6.07, 6.45) is -2.10. The lowest BCUT2D eigenvalue weighted by Crippen LogP contribution is -2.30. The second-order valence-electron chi connectivity index (χ2n) is 7.54. The number of ether oxygens (including phenoxy) is 4. The Kier molecular flexibility index (Phi) is 7.63. The topological polar surface area (TPSA) is 172 Å². The summed E-state index contributed by atoms with van der Waals surface area (Å²) in [6, 6.07) is 7.78. The van der Waals surface area contributed by atoms with Gasteiger partial charge in [-0.1, -0.05) is 0 Å². The van der Waals surface area contributed by atoms with Crippen LogP contribution in [0.2, 0.25) is 0 Å². The first-order valence-electron chi connectivity index (χ1n) is 10.4. The summed E-state index contributed by atoms with van der Waals surface area (Å²) in [5.74, 6) is -3.79. The third-order valence-electron chi connectivity index (χ3n) is 5.28. The number of hydrogen-bond acceptors (Lipinski definition) is 11. The van der Waals surface area contributed by atoms with E-state index in [0.29, 0.717) is 0 Å². The Balaban J connectivity index is 2.03. The molecule has 5 N–H and O–H groups in total. The summed E-state index contributed by atoms with van der Waals surface area (Å²) >= 11 is 0. The molecule has 0 fully saturated rings. The van der Waals surface area contributed by atoms with Gasteiger partial charge in [-0.2, -0.15) is 0 Å². The van der Waals surface area contributed by atoms with E-state index in [1.165, 1.54) is 39.5 Å². The molecule has 11 nitrogen and oxygen atoms in total. The van der Waals surface area contributed by atoms with Crippen LogP contribution in [-0.4, -0.2) is 64.7 Å². The summed E-state index contributed by atoms with van der Waals surface area (Å²) in [5.41, 5.74) is -0.354. The normalized spacial score (nSPS) is 11.4. The minimum Gasteiger partial charge on any atom is -0.508 e.